The Labute approximate surface area is 146 Å². The summed E-state index contributed by atoms with van der Waals surface area (Å²) in [5, 5.41) is 3.27. The zero-order chi connectivity index (χ0) is 18.6. The third-order valence-corrected chi connectivity index (χ3v) is 4.38. The molecule has 0 fully saturated rings. The molecular weight excluding hydrogens is 345 g/mol. The fraction of sp³-hybridized carbons (Fsp3) is 0.278. The van der Waals surface area contributed by atoms with Crippen LogP contribution in [0.3, 0.4) is 0 Å². The number of hydrogen-bond donors (Lipinski definition) is 1. The molecule has 0 unspecified atom stereocenters. The van der Waals surface area contributed by atoms with Crippen molar-refractivity contribution < 1.29 is 18.0 Å². The lowest BCUT2D eigenvalue weighted by Gasteiger charge is -2.14. The minimum absolute atomic E-state index is 0.0616. The first-order valence-corrected chi connectivity index (χ1v) is 8.13. The number of carbonyl (C=O) groups is 1. The van der Waals surface area contributed by atoms with Gasteiger partial charge in [0.2, 0.25) is 5.91 Å². The van der Waals surface area contributed by atoms with Gasteiger partial charge in [-0.3, -0.25) is 9.36 Å². The summed E-state index contributed by atoms with van der Waals surface area (Å²) in [5.41, 5.74) is 1.42. The van der Waals surface area contributed by atoms with Gasteiger partial charge in [-0.05, 0) is 30.2 Å². The predicted molar refractivity (Wildman–Crippen MR) is 90.3 cm³/mol. The Balaban J connectivity index is 1.97. The highest BCUT2D eigenvalue weighted by atomic mass is 19.4. The number of rotatable bonds is 2. The molecule has 0 atom stereocenters. The molecule has 0 saturated carbocycles. The Kier molecular flexibility index (Phi) is 3.54. The van der Waals surface area contributed by atoms with Crippen LogP contribution in [0.2, 0.25) is 0 Å². The van der Waals surface area contributed by atoms with Crippen LogP contribution in [-0.4, -0.2) is 20.4 Å². The quantitative estimate of drug-likeness (QED) is 0.750. The second kappa shape index (κ2) is 5.55. The summed E-state index contributed by atoms with van der Waals surface area (Å²) in [4.78, 5) is 19.6. The van der Waals surface area contributed by atoms with Crippen molar-refractivity contribution in [3.05, 3.63) is 47.4 Å². The Hall–Kier alpha value is -2.90. The van der Waals surface area contributed by atoms with Crippen LogP contribution in [0.25, 0.3) is 16.7 Å². The number of nitrogens with one attached hydrogen (secondary N) is 1. The Bertz CT molecular complexity index is 1040. The maximum absolute atomic E-state index is 13.1. The number of pyridine rings is 2. The van der Waals surface area contributed by atoms with E-state index in [1.165, 1.54) is 12.3 Å². The number of aromatic nitrogens is 3. The number of amides is 1. The average molecular weight is 360 g/mol. The van der Waals surface area contributed by atoms with Gasteiger partial charge in [-0.2, -0.15) is 13.2 Å². The number of carbonyl (C=O) groups excluding carboxylic acids is 1. The average Bonchev–Trinajstić information content (AvgIpc) is 3.11. The fourth-order valence-electron chi connectivity index (χ4n) is 3.17. The molecule has 0 spiro atoms. The summed E-state index contributed by atoms with van der Waals surface area (Å²) in [7, 11) is 0. The Morgan fingerprint density at radius 1 is 1.23 bits per heavy atom. The van der Waals surface area contributed by atoms with Gasteiger partial charge in [0.15, 0.2) is 0 Å². The molecule has 1 aliphatic heterocycles. The smallest absolute Gasteiger partial charge is 0.310 e. The molecule has 26 heavy (non-hydrogen) atoms. The maximum atomic E-state index is 13.1. The molecule has 3 aromatic rings. The lowest BCUT2D eigenvalue weighted by Crippen LogP contribution is -2.09. The van der Waals surface area contributed by atoms with Crippen molar-refractivity contribution >= 4 is 22.8 Å². The Morgan fingerprint density at radius 2 is 2.00 bits per heavy atom. The number of halogens is 3. The minimum atomic E-state index is -4.52. The van der Waals surface area contributed by atoms with Crippen molar-refractivity contribution in [3.8, 4) is 5.69 Å². The molecule has 1 aliphatic rings. The molecule has 4 rings (SSSR count). The second-order valence-corrected chi connectivity index (χ2v) is 6.59. The van der Waals surface area contributed by atoms with E-state index in [1.54, 1.807) is 10.6 Å². The van der Waals surface area contributed by atoms with E-state index in [2.05, 4.69) is 15.3 Å². The van der Waals surface area contributed by atoms with Crippen LogP contribution in [0.15, 0.2) is 30.5 Å². The minimum Gasteiger partial charge on any atom is -0.310 e. The van der Waals surface area contributed by atoms with Gasteiger partial charge in [-0.25, -0.2) is 9.97 Å². The van der Waals surface area contributed by atoms with Crippen molar-refractivity contribution in [2.24, 2.45) is 0 Å². The first-order chi connectivity index (χ1) is 12.2. The van der Waals surface area contributed by atoms with Crippen LogP contribution in [0.1, 0.15) is 36.7 Å². The van der Waals surface area contributed by atoms with Gasteiger partial charge in [0.25, 0.3) is 0 Å². The molecule has 1 N–H and O–H groups in total. The topological polar surface area (TPSA) is 59.8 Å². The van der Waals surface area contributed by atoms with E-state index in [1.807, 2.05) is 19.9 Å². The maximum Gasteiger partial charge on any atom is 0.433 e. The lowest BCUT2D eigenvalue weighted by molar-refractivity contribution is -0.141. The number of alkyl halides is 3. The largest absolute Gasteiger partial charge is 0.433 e. The molecule has 0 aromatic carbocycles. The highest BCUT2D eigenvalue weighted by Crippen LogP contribution is 2.33. The summed E-state index contributed by atoms with van der Waals surface area (Å²) < 4.78 is 41.0. The van der Waals surface area contributed by atoms with Crippen molar-refractivity contribution in [2.45, 2.75) is 32.4 Å². The van der Waals surface area contributed by atoms with Crippen LogP contribution >= 0.6 is 0 Å². The fourth-order valence-corrected chi connectivity index (χ4v) is 3.17. The second-order valence-electron chi connectivity index (χ2n) is 6.59. The van der Waals surface area contributed by atoms with E-state index >= 15 is 0 Å². The molecule has 0 radical (unpaired) electrons. The van der Waals surface area contributed by atoms with Crippen LogP contribution in [-0.2, 0) is 17.4 Å². The van der Waals surface area contributed by atoms with Crippen LogP contribution in [0, 0.1) is 0 Å². The lowest BCUT2D eigenvalue weighted by atomic mass is 10.1. The Morgan fingerprint density at radius 3 is 2.69 bits per heavy atom. The van der Waals surface area contributed by atoms with E-state index in [4.69, 9.17) is 0 Å². The molecule has 0 bridgehead atoms. The monoisotopic (exact) mass is 360 g/mol. The number of fused-ring (bicyclic) bond motifs is 2. The van der Waals surface area contributed by atoms with E-state index < -0.39 is 11.9 Å². The molecule has 1 amide bonds. The van der Waals surface area contributed by atoms with Crippen LogP contribution in [0.4, 0.5) is 19.0 Å². The first kappa shape index (κ1) is 16.6. The molecule has 4 heterocycles. The summed E-state index contributed by atoms with van der Waals surface area (Å²) in [5.74, 6) is 0.403. The molecule has 0 aliphatic carbocycles. The van der Waals surface area contributed by atoms with Crippen LogP contribution < -0.4 is 5.32 Å². The van der Waals surface area contributed by atoms with E-state index in [0.29, 0.717) is 16.9 Å². The van der Waals surface area contributed by atoms with E-state index in [-0.39, 0.29) is 23.9 Å². The SMILES string of the molecule is CC(C)c1cc2ccc(C(F)(F)F)nc2n1-c1cnc2c(c1)CC(=O)N2. The summed E-state index contributed by atoms with van der Waals surface area (Å²) >= 11 is 0. The number of nitrogens with zero attached hydrogens (tertiary/aromatic N) is 3. The predicted octanol–water partition coefficient (Wildman–Crippen LogP) is 4.06. The summed E-state index contributed by atoms with van der Waals surface area (Å²) in [6, 6.07) is 6.02. The summed E-state index contributed by atoms with van der Waals surface area (Å²) in [6.45, 7) is 3.92. The highest BCUT2D eigenvalue weighted by molar-refractivity contribution is 5.98. The van der Waals surface area contributed by atoms with E-state index in [0.717, 1.165) is 17.3 Å². The van der Waals surface area contributed by atoms with Crippen molar-refractivity contribution in [2.75, 3.05) is 5.32 Å². The van der Waals surface area contributed by atoms with Gasteiger partial charge in [-0.15, -0.1) is 0 Å². The molecule has 5 nitrogen and oxygen atoms in total. The molecular formula is C18H15F3N4O. The van der Waals surface area contributed by atoms with Crippen molar-refractivity contribution in [1.29, 1.82) is 0 Å². The van der Waals surface area contributed by atoms with Gasteiger partial charge < -0.3 is 5.32 Å². The molecule has 0 saturated heterocycles. The first-order valence-electron chi connectivity index (χ1n) is 8.13. The number of anilines is 1. The van der Waals surface area contributed by atoms with E-state index in [9.17, 15) is 18.0 Å². The normalized spacial score (nSPS) is 14.2. The third kappa shape index (κ3) is 2.61. The zero-order valence-electron chi connectivity index (χ0n) is 14.1. The number of hydrogen-bond acceptors (Lipinski definition) is 3. The molecule has 3 aromatic heterocycles. The van der Waals surface area contributed by atoms with Crippen molar-refractivity contribution in [3.63, 3.8) is 0 Å². The third-order valence-electron chi connectivity index (χ3n) is 4.38. The van der Waals surface area contributed by atoms with Crippen molar-refractivity contribution in [1.82, 2.24) is 14.5 Å². The highest BCUT2D eigenvalue weighted by Gasteiger charge is 2.33. The van der Waals surface area contributed by atoms with Gasteiger partial charge in [0.05, 0.1) is 18.3 Å². The summed E-state index contributed by atoms with van der Waals surface area (Å²) in [6.07, 6.45) is -2.78. The van der Waals surface area contributed by atoms with Crippen LogP contribution in [0.5, 0.6) is 0 Å². The molecule has 134 valence electrons. The van der Waals surface area contributed by atoms with Gasteiger partial charge in [-0.1, -0.05) is 13.8 Å². The standard InChI is InChI=1S/C18H15F3N4O/c1-9(2)13-6-10-3-4-14(18(19,20)21)23-17(10)25(13)12-5-11-7-15(26)24-16(11)22-8-12/h3-6,8-9H,7H2,1-2H3,(H,22,24,26). The van der Waals surface area contributed by atoms with Gasteiger partial charge >= 0.3 is 6.18 Å². The molecule has 8 heteroatoms. The zero-order valence-corrected chi connectivity index (χ0v) is 14.1. The van der Waals surface area contributed by atoms with Gasteiger partial charge in [0.1, 0.15) is 17.2 Å². The van der Waals surface area contributed by atoms with Gasteiger partial charge in [0, 0.05) is 16.6 Å².